The minimum Gasteiger partial charge on any atom is -0.484 e. The number of nitro benzene ring substituents is 1. The summed E-state index contributed by atoms with van der Waals surface area (Å²) in [4.78, 5) is 47.7. The molecule has 2 N–H and O–H groups in total. The fourth-order valence-electron chi connectivity index (χ4n) is 3.24. The molecular formula is C16H15F3N4O6. The number of imide groups is 1. The minimum absolute atomic E-state index is 0.0112. The van der Waals surface area contributed by atoms with Gasteiger partial charge < -0.3 is 15.0 Å². The number of benzene rings is 1. The molecule has 156 valence electrons. The Bertz CT molecular complexity index is 880. The number of nitrogens with one attached hydrogen (secondary N) is 2. The molecule has 0 atom stereocenters. The summed E-state index contributed by atoms with van der Waals surface area (Å²) in [6.07, 6.45) is -4.43. The summed E-state index contributed by atoms with van der Waals surface area (Å²) in [6.45, 7) is -1.59. The topological polar surface area (TPSA) is 131 Å². The molecule has 10 nitrogen and oxygen atoms in total. The van der Waals surface area contributed by atoms with E-state index >= 15 is 0 Å². The summed E-state index contributed by atoms with van der Waals surface area (Å²) >= 11 is 0. The fraction of sp³-hybridized carbons (Fsp3) is 0.438. The van der Waals surface area contributed by atoms with E-state index < -0.39 is 52.3 Å². The summed E-state index contributed by atoms with van der Waals surface area (Å²) in [6, 6.07) is 2.12. The molecule has 2 aliphatic rings. The maximum atomic E-state index is 12.8. The third-order valence-corrected chi connectivity index (χ3v) is 4.72. The largest absolute Gasteiger partial charge is 0.484 e. The number of piperidine rings is 1. The zero-order chi connectivity index (χ0) is 21.4. The van der Waals surface area contributed by atoms with E-state index in [-0.39, 0.29) is 31.7 Å². The van der Waals surface area contributed by atoms with E-state index in [1.807, 2.05) is 0 Å². The zero-order valence-electron chi connectivity index (χ0n) is 14.7. The third kappa shape index (κ3) is 4.22. The van der Waals surface area contributed by atoms with Crippen molar-refractivity contribution in [2.45, 2.75) is 24.6 Å². The number of likely N-dealkylation sites (tertiary alicyclic amines) is 1. The van der Waals surface area contributed by atoms with Gasteiger partial charge in [0.25, 0.3) is 17.5 Å². The smallest absolute Gasteiger partial charge is 0.422 e. The lowest BCUT2D eigenvalue weighted by Gasteiger charge is -2.36. The first kappa shape index (κ1) is 20.4. The van der Waals surface area contributed by atoms with Crippen molar-refractivity contribution < 1.29 is 37.2 Å². The molecule has 0 saturated carbocycles. The molecule has 2 fully saturated rings. The molecule has 29 heavy (non-hydrogen) atoms. The number of amides is 4. The Balaban J connectivity index is 1.78. The van der Waals surface area contributed by atoms with Crippen molar-refractivity contribution in [2.75, 3.05) is 19.7 Å². The predicted molar refractivity (Wildman–Crippen MR) is 89.2 cm³/mol. The van der Waals surface area contributed by atoms with Crippen LogP contribution in [0.5, 0.6) is 5.75 Å². The molecule has 1 spiro atoms. The van der Waals surface area contributed by atoms with Crippen LogP contribution < -0.4 is 15.4 Å². The van der Waals surface area contributed by atoms with Crippen LogP contribution >= 0.6 is 0 Å². The van der Waals surface area contributed by atoms with Gasteiger partial charge in [0.15, 0.2) is 6.61 Å². The molecule has 1 aromatic rings. The Kier molecular flexibility index (Phi) is 5.07. The van der Waals surface area contributed by atoms with Crippen LogP contribution in [0.1, 0.15) is 23.2 Å². The number of halogens is 3. The quantitative estimate of drug-likeness (QED) is 0.433. The number of ether oxygens (including phenoxy) is 1. The maximum Gasteiger partial charge on any atom is 0.422 e. The Labute approximate surface area is 161 Å². The summed E-state index contributed by atoms with van der Waals surface area (Å²) < 4.78 is 41.6. The number of alkyl halides is 3. The van der Waals surface area contributed by atoms with Crippen molar-refractivity contribution in [1.29, 1.82) is 0 Å². The standard InChI is InChI=1S/C16H15F3N4O6/c17-16(18,19)8-29-9-1-2-11(23(27)28)10(7-9)12(24)22-5-3-15(4-6-22)13(25)20-14(26)21-15/h1-2,7H,3-6,8H2,(H2,20,21,25,26). The Hall–Kier alpha value is -3.38. The second-order valence-electron chi connectivity index (χ2n) is 6.62. The maximum absolute atomic E-state index is 12.8. The molecule has 3 rings (SSSR count). The van der Waals surface area contributed by atoms with Crippen LogP contribution in [0.4, 0.5) is 23.7 Å². The van der Waals surface area contributed by atoms with Gasteiger partial charge in [0.2, 0.25) is 0 Å². The van der Waals surface area contributed by atoms with Crippen molar-refractivity contribution in [3.05, 3.63) is 33.9 Å². The molecular weight excluding hydrogens is 401 g/mol. The first-order valence-electron chi connectivity index (χ1n) is 8.42. The third-order valence-electron chi connectivity index (χ3n) is 4.72. The molecule has 2 aliphatic heterocycles. The average molecular weight is 416 g/mol. The van der Waals surface area contributed by atoms with E-state index in [4.69, 9.17) is 0 Å². The van der Waals surface area contributed by atoms with Gasteiger partial charge in [0.1, 0.15) is 16.9 Å². The van der Waals surface area contributed by atoms with E-state index in [9.17, 15) is 37.7 Å². The van der Waals surface area contributed by atoms with Crippen LogP contribution in [0, 0.1) is 10.1 Å². The van der Waals surface area contributed by atoms with Crippen molar-refractivity contribution in [3.63, 3.8) is 0 Å². The summed E-state index contributed by atoms with van der Waals surface area (Å²) in [7, 11) is 0. The number of hydrogen-bond acceptors (Lipinski definition) is 6. The second kappa shape index (κ2) is 7.22. The van der Waals surface area contributed by atoms with Crippen LogP contribution in [-0.2, 0) is 4.79 Å². The number of nitrogens with zero attached hydrogens (tertiary/aromatic N) is 2. The molecule has 13 heteroatoms. The average Bonchev–Trinajstić information content (AvgIpc) is 2.92. The van der Waals surface area contributed by atoms with Crippen LogP contribution in [0.15, 0.2) is 18.2 Å². The van der Waals surface area contributed by atoms with Crippen LogP contribution in [0.3, 0.4) is 0 Å². The van der Waals surface area contributed by atoms with Crippen LogP contribution in [0.2, 0.25) is 0 Å². The van der Waals surface area contributed by atoms with E-state index in [1.54, 1.807) is 0 Å². The Morgan fingerprint density at radius 2 is 1.93 bits per heavy atom. The van der Waals surface area contributed by atoms with Gasteiger partial charge in [-0.1, -0.05) is 0 Å². The number of urea groups is 1. The lowest BCUT2D eigenvalue weighted by molar-refractivity contribution is -0.385. The minimum atomic E-state index is -4.61. The molecule has 2 heterocycles. The van der Waals surface area contributed by atoms with Gasteiger partial charge in [-0.05, 0) is 25.0 Å². The Morgan fingerprint density at radius 1 is 1.28 bits per heavy atom. The number of rotatable bonds is 4. The summed E-state index contributed by atoms with van der Waals surface area (Å²) in [5, 5.41) is 15.9. The first-order valence-corrected chi connectivity index (χ1v) is 8.42. The van der Waals surface area contributed by atoms with Crippen molar-refractivity contribution >= 4 is 23.5 Å². The highest BCUT2D eigenvalue weighted by molar-refractivity contribution is 6.07. The Morgan fingerprint density at radius 3 is 2.45 bits per heavy atom. The number of carbonyl (C=O) groups is 3. The first-order chi connectivity index (χ1) is 13.5. The predicted octanol–water partition coefficient (Wildman–Crippen LogP) is 1.35. The fourth-order valence-corrected chi connectivity index (χ4v) is 3.24. The van der Waals surface area contributed by atoms with Crippen molar-refractivity contribution in [1.82, 2.24) is 15.5 Å². The second-order valence-corrected chi connectivity index (χ2v) is 6.62. The van der Waals surface area contributed by atoms with Gasteiger partial charge in [0.05, 0.1) is 4.92 Å². The molecule has 4 amide bonds. The van der Waals surface area contributed by atoms with Gasteiger partial charge >= 0.3 is 12.2 Å². The zero-order valence-corrected chi connectivity index (χ0v) is 14.7. The van der Waals surface area contributed by atoms with E-state index in [0.717, 1.165) is 18.2 Å². The highest BCUT2D eigenvalue weighted by Gasteiger charge is 2.48. The lowest BCUT2D eigenvalue weighted by Crippen LogP contribution is -2.55. The molecule has 2 saturated heterocycles. The van der Waals surface area contributed by atoms with Gasteiger partial charge in [-0.3, -0.25) is 25.0 Å². The summed E-state index contributed by atoms with van der Waals surface area (Å²) in [5.41, 5.74) is -2.15. The molecule has 0 bridgehead atoms. The van der Waals surface area contributed by atoms with Gasteiger partial charge in [-0.25, -0.2) is 4.79 Å². The number of carbonyl (C=O) groups excluding carboxylic acids is 3. The van der Waals surface area contributed by atoms with Crippen LogP contribution in [-0.4, -0.2) is 59.1 Å². The molecule has 0 aliphatic carbocycles. The molecule has 1 aromatic carbocycles. The van der Waals surface area contributed by atoms with E-state index in [2.05, 4.69) is 15.4 Å². The van der Waals surface area contributed by atoms with Crippen LogP contribution in [0.25, 0.3) is 0 Å². The van der Waals surface area contributed by atoms with Crippen molar-refractivity contribution in [2.24, 2.45) is 0 Å². The van der Waals surface area contributed by atoms with Crippen molar-refractivity contribution in [3.8, 4) is 5.75 Å². The molecule has 0 unspecified atom stereocenters. The van der Waals surface area contributed by atoms with E-state index in [0.29, 0.717) is 0 Å². The SMILES string of the molecule is O=C1NC(=O)C2(CCN(C(=O)c3cc(OCC(F)(F)F)ccc3[N+](=O)[O-])CC2)N1. The number of hydrogen-bond donors (Lipinski definition) is 2. The molecule has 0 radical (unpaired) electrons. The highest BCUT2D eigenvalue weighted by atomic mass is 19.4. The lowest BCUT2D eigenvalue weighted by atomic mass is 9.87. The summed E-state index contributed by atoms with van der Waals surface area (Å²) in [5.74, 6) is -1.64. The highest BCUT2D eigenvalue weighted by Crippen LogP contribution is 2.30. The van der Waals surface area contributed by atoms with Gasteiger partial charge in [0, 0.05) is 19.2 Å². The monoisotopic (exact) mass is 416 g/mol. The van der Waals surface area contributed by atoms with E-state index in [1.165, 1.54) is 4.90 Å². The van der Waals surface area contributed by atoms with Gasteiger partial charge in [-0.15, -0.1) is 0 Å². The number of nitro groups is 1. The normalized spacial score (nSPS) is 18.4. The molecule has 0 aromatic heterocycles. The van der Waals surface area contributed by atoms with Gasteiger partial charge in [-0.2, -0.15) is 13.2 Å².